The Hall–Kier alpha value is -0.170. The highest BCUT2D eigenvalue weighted by molar-refractivity contribution is 7.86. The summed E-state index contributed by atoms with van der Waals surface area (Å²) in [5.74, 6) is 0. The molecule has 0 radical (unpaired) electrons. The minimum atomic E-state index is -3.38. The summed E-state index contributed by atoms with van der Waals surface area (Å²) < 4.78 is 28.1. The quantitative estimate of drug-likeness (QED) is 0.792. The van der Waals surface area contributed by atoms with E-state index in [1.165, 1.54) is 15.0 Å². The van der Waals surface area contributed by atoms with Crippen LogP contribution in [0.5, 0.6) is 0 Å². The zero-order valence-corrected chi connectivity index (χ0v) is 12.7. The fourth-order valence-electron chi connectivity index (χ4n) is 2.83. The van der Waals surface area contributed by atoms with Crippen LogP contribution in [0.15, 0.2) is 0 Å². The number of likely N-dealkylation sites (N-methyl/N-ethyl adjacent to an activating group) is 1. The molecule has 0 spiro atoms. The number of nitrogens with zero attached hydrogens (tertiary/aromatic N) is 2. The Morgan fingerprint density at radius 1 is 1.11 bits per heavy atom. The number of hydrogen-bond donors (Lipinski definition) is 1. The van der Waals surface area contributed by atoms with Crippen molar-refractivity contribution in [3.8, 4) is 0 Å². The predicted octanol–water partition coefficient (Wildman–Crippen LogP) is 1.17. The van der Waals surface area contributed by atoms with E-state index in [0.717, 1.165) is 25.7 Å². The van der Waals surface area contributed by atoms with Crippen LogP contribution in [0, 0.1) is 0 Å². The van der Waals surface area contributed by atoms with Gasteiger partial charge in [-0.3, -0.25) is 0 Å². The molecule has 0 aromatic rings. The van der Waals surface area contributed by atoms with Gasteiger partial charge in [-0.25, -0.2) is 0 Å². The van der Waals surface area contributed by atoms with E-state index in [-0.39, 0.29) is 5.54 Å². The highest BCUT2D eigenvalue weighted by Crippen LogP contribution is 2.34. The molecule has 0 amide bonds. The molecule has 5 nitrogen and oxygen atoms in total. The number of rotatable bonds is 6. The van der Waals surface area contributed by atoms with E-state index in [2.05, 4.69) is 0 Å². The SMILES string of the molecule is CCN(CC)S(=O)(=O)N(C)C1(CN)CCCCC1. The van der Waals surface area contributed by atoms with Crippen LogP contribution in [0.3, 0.4) is 0 Å². The van der Waals surface area contributed by atoms with Gasteiger partial charge < -0.3 is 5.73 Å². The molecule has 0 saturated heterocycles. The van der Waals surface area contributed by atoms with Gasteiger partial charge in [0.25, 0.3) is 10.2 Å². The lowest BCUT2D eigenvalue weighted by molar-refractivity contribution is 0.150. The summed E-state index contributed by atoms with van der Waals surface area (Å²) in [5, 5.41) is 0. The molecule has 108 valence electrons. The van der Waals surface area contributed by atoms with Crippen LogP contribution in [-0.2, 0) is 10.2 Å². The highest BCUT2D eigenvalue weighted by Gasteiger charge is 2.42. The molecule has 18 heavy (non-hydrogen) atoms. The maximum Gasteiger partial charge on any atom is 0.282 e. The van der Waals surface area contributed by atoms with Crippen LogP contribution in [-0.4, -0.2) is 49.2 Å². The van der Waals surface area contributed by atoms with Crippen LogP contribution in [0.1, 0.15) is 46.0 Å². The summed E-state index contributed by atoms with van der Waals surface area (Å²) in [6, 6.07) is 0. The number of hydrogen-bond acceptors (Lipinski definition) is 3. The summed E-state index contributed by atoms with van der Waals surface area (Å²) in [4.78, 5) is 0. The fourth-order valence-corrected chi connectivity index (χ4v) is 4.57. The van der Waals surface area contributed by atoms with Gasteiger partial charge in [0.1, 0.15) is 0 Å². The van der Waals surface area contributed by atoms with Crippen LogP contribution in [0.25, 0.3) is 0 Å². The third-order valence-electron chi connectivity index (χ3n) is 4.21. The zero-order chi connectivity index (χ0) is 13.8. The lowest BCUT2D eigenvalue weighted by Gasteiger charge is -2.44. The van der Waals surface area contributed by atoms with Gasteiger partial charge in [0.2, 0.25) is 0 Å². The van der Waals surface area contributed by atoms with E-state index in [9.17, 15) is 8.42 Å². The van der Waals surface area contributed by atoms with Gasteiger partial charge in [0.05, 0.1) is 0 Å². The van der Waals surface area contributed by atoms with E-state index < -0.39 is 10.2 Å². The first-order chi connectivity index (χ1) is 8.44. The van der Waals surface area contributed by atoms with Crippen molar-refractivity contribution in [2.75, 3.05) is 26.7 Å². The summed E-state index contributed by atoms with van der Waals surface area (Å²) in [6.07, 6.45) is 5.06. The Morgan fingerprint density at radius 2 is 1.61 bits per heavy atom. The molecular weight excluding hydrogens is 250 g/mol. The molecule has 1 aliphatic carbocycles. The largest absolute Gasteiger partial charge is 0.329 e. The second kappa shape index (κ2) is 6.32. The molecule has 0 unspecified atom stereocenters. The van der Waals surface area contributed by atoms with Crippen LogP contribution in [0.2, 0.25) is 0 Å². The first kappa shape index (κ1) is 15.9. The summed E-state index contributed by atoms with van der Waals surface area (Å²) >= 11 is 0. The maximum atomic E-state index is 12.6. The van der Waals surface area contributed by atoms with Crippen LogP contribution in [0.4, 0.5) is 0 Å². The van der Waals surface area contributed by atoms with E-state index in [1.54, 1.807) is 7.05 Å². The summed E-state index contributed by atoms with van der Waals surface area (Å²) in [7, 11) is -1.70. The van der Waals surface area contributed by atoms with Crippen molar-refractivity contribution in [3.63, 3.8) is 0 Å². The monoisotopic (exact) mass is 277 g/mol. The van der Waals surface area contributed by atoms with Gasteiger partial charge in [-0.1, -0.05) is 33.1 Å². The third-order valence-corrected chi connectivity index (χ3v) is 6.46. The van der Waals surface area contributed by atoms with Crippen molar-refractivity contribution in [1.29, 1.82) is 0 Å². The van der Waals surface area contributed by atoms with Crippen molar-refractivity contribution in [3.05, 3.63) is 0 Å². The van der Waals surface area contributed by atoms with E-state index in [4.69, 9.17) is 5.73 Å². The van der Waals surface area contributed by atoms with Gasteiger partial charge >= 0.3 is 0 Å². The minimum absolute atomic E-state index is 0.375. The van der Waals surface area contributed by atoms with Crippen LogP contribution < -0.4 is 5.73 Å². The van der Waals surface area contributed by atoms with Crippen molar-refractivity contribution >= 4 is 10.2 Å². The molecule has 0 aromatic heterocycles. The molecule has 2 N–H and O–H groups in total. The van der Waals surface area contributed by atoms with E-state index in [0.29, 0.717) is 19.6 Å². The van der Waals surface area contributed by atoms with Crippen molar-refractivity contribution < 1.29 is 8.42 Å². The fraction of sp³-hybridized carbons (Fsp3) is 1.00. The third kappa shape index (κ3) is 2.87. The smallest absolute Gasteiger partial charge is 0.282 e. The number of nitrogens with two attached hydrogens (primary N) is 1. The minimum Gasteiger partial charge on any atom is -0.329 e. The second-order valence-electron chi connectivity index (χ2n) is 5.05. The Bertz CT molecular complexity index is 346. The Balaban J connectivity index is 2.99. The summed E-state index contributed by atoms with van der Waals surface area (Å²) in [5.41, 5.74) is 5.52. The average molecular weight is 277 g/mol. The Kier molecular flexibility index (Phi) is 5.58. The molecule has 0 aromatic carbocycles. The van der Waals surface area contributed by atoms with E-state index >= 15 is 0 Å². The second-order valence-corrected chi connectivity index (χ2v) is 7.01. The Morgan fingerprint density at radius 3 is 2.00 bits per heavy atom. The van der Waals surface area contributed by atoms with Crippen molar-refractivity contribution in [2.24, 2.45) is 5.73 Å². The maximum absolute atomic E-state index is 12.6. The van der Waals surface area contributed by atoms with Crippen molar-refractivity contribution in [1.82, 2.24) is 8.61 Å². The van der Waals surface area contributed by atoms with Gasteiger partial charge in [-0.15, -0.1) is 0 Å². The average Bonchev–Trinajstić information content (AvgIpc) is 2.39. The highest BCUT2D eigenvalue weighted by atomic mass is 32.2. The molecule has 1 fully saturated rings. The van der Waals surface area contributed by atoms with Gasteiger partial charge in [-0.2, -0.15) is 17.0 Å². The lowest BCUT2D eigenvalue weighted by Crippen LogP contribution is -2.58. The lowest BCUT2D eigenvalue weighted by atomic mass is 9.82. The molecule has 0 atom stereocenters. The van der Waals surface area contributed by atoms with Crippen molar-refractivity contribution in [2.45, 2.75) is 51.5 Å². The van der Waals surface area contributed by atoms with E-state index in [1.807, 2.05) is 13.8 Å². The molecule has 1 aliphatic rings. The summed E-state index contributed by atoms with van der Waals surface area (Å²) in [6.45, 7) is 5.15. The molecular formula is C12H27N3O2S. The molecule has 0 heterocycles. The molecule has 0 bridgehead atoms. The van der Waals surface area contributed by atoms with Crippen LogP contribution >= 0.6 is 0 Å². The van der Waals surface area contributed by atoms with Gasteiger partial charge in [0, 0.05) is 32.2 Å². The van der Waals surface area contributed by atoms with Gasteiger partial charge in [-0.05, 0) is 12.8 Å². The normalized spacial score (nSPS) is 20.6. The zero-order valence-electron chi connectivity index (χ0n) is 11.9. The topological polar surface area (TPSA) is 66.6 Å². The molecule has 1 rings (SSSR count). The first-order valence-corrected chi connectivity index (χ1v) is 8.28. The predicted molar refractivity (Wildman–Crippen MR) is 74.5 cm³/mol. The molecule has 6 heteroatoms. The Labute approximate surface area is 112 Å². The standard InChI is InChI=1S/C12H27N3O2S/c1-4-15(5-2)18(16,17)14(3)12(11-13)9-7-6-8-10-12/h4-11,13H2,1-3H3. The van der Waals surface area contributed by atoms with Gasteiger partial charge in [0.15, 0.2) is 0 Å². The first-order valence-electron chi connectivity index (χ1n) is 6.88. The molecule has 0 aliphatic heterocycles. The molecule has 1 saturated carbocycles.